The van der Waals surface area contributed by atoms with Crippen molar-refractivity contribution in [3.63, 3.8) is 0 Å². The van der Waals surface area contributed by atoms with Crippen LogP contribution in [0.3, 0.4) is 0 Å². The second-order valence-corrected chi connectivity index (χ2v) is 4.85. The largest absolute Gasteiger partial charge is 0.308 e. The number of nitrogens with zero attached hydrogens (tertiary/aromatic N) is 2. The molecule has 19 heavy (non-hydrogen) atoms. The quantitative estimate of drug-likeness (QED) is 0.932. The van der Waals surface area contributed by atoms with Crippen LogP contribution in [0.5, 0.6) is 0 Å². The standard InChI is InChI=1S/C14H17ClFN3/c1-4-19-14(11(15)8-18-19)13(17-3)10-6-5-9(2)7-12(10)16/h5-8,13,17H,4H2,1-3H3. The zero-order valence-electron chi connectivity index (χ0n) is 11.2. The fraction of sp³-hybridized carbons (Fsp3) is 0.357. The molecule has 0 aliphatic heterocycles. The number of rotatable bonds is 4. The molecule has 2 rings (SSSR count). The highest BCUT2D eigenvalue weighted by molar-refractivity contribution is 6.31. The van der Waals surface area contributed by atoms with Crippen molar-refractivity contribution in [3.05, 3.63) is 52.1 Å². The van der Waals surface area contributed by atoms with Crippen LogP contribution in [-0.2, 0) is 6.54 Å². The van der Waals surface area contributed by atoms with E-state index < -0.39 is 0 Å². The maximum absolute atomic E-state index is 14.1. The first kappa shape index (κ1) is 14.0. The van der Waals surface area contributed by atoms with Crippen LogP contribution in [0, 0.1) is 12.7 Å². The van der Waals surface area contributed by atoms with Crippen molar-refractivity contribution in [1.29, 1.82) is 0 Å². The molecule has 0 radical (unpaired) electrons. The minimum atomic E-state index is -0.310. The van der Waals surface area contributed by atoms with E-state index in [2.05, 4.69) is 10.4 Å². The summed E-state index contributed by atoms with van der Waals surface area (Å²) in [6.07, 6.45) is 1.59. The molecule has 0 amide bonds. The van der Waals surface area contributed by atoms with Gasteiger partial charge in [-0.15, -0.1) is 0 Å². The predicted octanol–water partition coefficient (Wildman–Crippen LogP) is 3.31. The SMILES string of the molecule is CCn1ncc(Cl)c1C(NC)c1ccc(C)cc1F. The Morgan fingerprint density at radius 3 is 2.79 bits per heavy atom. The average Bonchev–Trinajstić information content (AvgIpc) is 2.74. The van der Waals surface area contributed by atoms with Gasteiger partial charge >= 0.3 is 0 Å². The average molecular weight is 282 g/mol. The summed E-state index contributed by atoms with van der Waals surface area (Å²) in [7, 11) is 1.79. The first-order valence-electron chi connectivity index (χ1n) is 6.23. The Hall–Kier alpha value is -1.39. The fourth-order valence-electron chi connectivity index (χ4n) is 2.22. The van der Waals surface area contributed by atoms with Crippen molar-refractivity contribution in [2.24, 2.45) is 0 Å². The van der Waals surface area contributed by atoms with Crippen LogP contribution >= 0.6 is 11.6 Å². The Balaban J connectivity index is 2.52. The van der Waals surface area contributed by atoms with Crippen LogP contribution in [0.25, 0.3) is 0 Å². The topological polar surface area (TPSA) is 29.9 Å². The normalized spacial score (nSPS) is 12.7. The van der Waals surface area contributed by atoms with E-state index in [0.29, 0.717) is 17.1 Å². The third kappa shape index (κ3) is 2.65. The maximum atomic E-state index is 14.1. The summed E-state index contributed by atoms with van der Waals surface area (Å²) in [4.78, 5) is 0. The maximum Gasteiger partial charge on any atom is 0.128 e. The van der Waals surface area contributed by atoms with Gasteiger partial charge in [0, 0.05) is 12.1 Å². The van der Waals surface area contributed by atoms with E-state index in [1.165, 1.54) is 6.07 Å². The highest BCUT2D eigenvalue weighted by atomic mass is 35.5. The Labute approximate surface area is 117 Å². The molecule has 5 heteroatoms. The highest BCUT2D eigenvalue weighted by Gasteiger charge is 2.22. The Morgan fingerprint density at radius 2 is 2.21 bits per heavy atom. The molecule has 3 nitrogen and oxygen atoms in total. The van der Waals surface area contributed by atoms with E-state index in [4.69, 9.17) is 11.6 Å². The van der Waals surface area contributed by atoms with E-state index in [0.717, 1.165) is 11.3 Å². The summed E-state index contributed by atoms with van der Waals surface area (Å²) in [5.74, 6) is -0.237. The molecule has 0 bridgehead atoms. The van der Waals surface area contributed by atoms with Gasteiger partial charge in [0.25, 0.3) is 0 Å². The minimum absolute atomic E-state index is 0.237. The second kappa shape index (κ2) is 5.72. The third-order valence-electron chi connectivity index (χ3n) is 3.16. The number of hydrogen-bond donors (Lipinski definition) is 1. The van der Waals surface area contributed by atoms with Crippen molar-refractivity contribution in [2.45, 2.75) is 26.4 Å². The summed E-state index contributed by atoms with van der Waals surface area (Å²) in [6.45, 7) is 4.53. The van der Waals surface area contributed by atoms with E-state index in [9.17, 15) is 4.39 Å². The molecule has 0 spiro atoms. The molecule has 1 unspecified atom stereocenters. The molecule has 1 aromatic heterocycles. The first-order valence-corrected chi connectivity index (χ1v) is 6.60. The van der Waals surface area contributed by atoms with Gasteiger partial charge in [-0.3, -0.25) is 4.68 Å². The van der Waals surface area contributed by atoms with Gasteiger partial charge in [0.2, 0.25) is 0 Å². The second-order valence-electron chi connectivity index (χ2n) is 4.44. The van der Waals surface area contributed by atoms with Gasteiger partial charge in [0.05, 0.1) is 23.0 Å². The molecule has 0 saturated carbocycles. The van der Waals surface area contributed by atoms with Crippen molar-refractivity contribution in [3.8, 4) is 0 Å². The first-order chi connectivity index (χ1) is 9.08. The van der Waals surface area contributed by atoms with Crippen molar-refractivity contribution >= 4 is 11.6 Å². The van der Waals surface area contributed by atoms with Gasteiger partial charge in [-0.25, -0.2) is 4.39 Å². The van der Waals surface area contributed by atoms with Gasteiger partial charge in [0.15, 0.2) is 0 Å². The summed E-state index contributed by atoms with van der Waals surface area (Å²) >= 11 is 6.18. The van der Waals surface area contributed by atoms with Crippen LogP contribution in [0.1, 0.15) is 29.8 Å². The van der Waals surface area contributed by atoms with Crippen LogP contribution in [0.4, 0.5) is 4.39 Å². The zero-order chi connectivity index (χ0) is 14.0. The van der Waals surface area contributed by atoms with Crippen LogP contribution in [-0.4, -0.2) is 16.8 Å². The number of halogens is 2. The lowest BCUT2D eigenvalue weighted by molar-refractivity contribution is 0.532. The van der Waals surface area contributed by atoms with E-state index in [1.54, 1.807) is 24.0 Å². The number of hydrogen-bond acceptors (Lipinski definition) is 2. The molecule has 0 aliphatic rings. The lowest BCUT2D eigenvalue weighted by Crippen LogP contribution is -2.22. The van der Waals surface area contributed by atoms with E-state index >= 15 is 0 Å². The summed E-state index contributed by atoms with van der Waals surface area (Å²) in [5.41, 5.74) is 2.26. The fourth-order valence-corrected chi connectivity index (χ4v) is 2.47. The van der Waals surface area contributed by atoms with Crippen LogP contribution in [0.15, 0.2) is 24.4 Å². The van der Waals surface area contributed by atoms with Crippen LogP contribution in [0.2, 0.25) is 5.02 Å². The lowest BCUT2D eigenvalue weighted by Gasteiger charge is -2.19. The van der Waals surface area contributed by atoms with Gasteiger partial charge in [-0.05, 0) is 32.5 Å². The Morgan fingerprint density at radius 1 is 1.47 bits per heavy atom. The van der Waals surface area contributed by atoms with Crippen LogP contribution < -0.4 is 5.32 Å². The third-order valence-corrected chi connectivity index (χ3v) is 3.45. The molecular formula is C14H17ClFN3. The molecule has 2 aromatic rings. The van der Waals surface area contributed by atoms with E-state index in [-0.39, 0.29) is 11.9 Å². The van der Waals surface area contributed by atoms with Gasteiger partial charge in [-0.1, -0.05) is 23.7 Å². The number of aryl methyl sites for hydroxylation is 2. The molecular weight excluding hydrogens is 265 g/mol. The molecule has 0 aliphatic carbocycles. The summed E-state index contributed by atoms with van der Waals surface area (Å²) in [5, 5.41) is 7.85. The Bertz CT molecular complexity index is 580. The lowest BCUT2D eigenvalue weighted by atomic mass is 10.0. The molecule has 1 heterocycles. The van der Waals surface area contributed by atoms with Crippen molar-refractivity contribution < 1.29 is 4.39 Å². The number of benzene rings is 1. The minimum Gasteiger partial charge on any atom is -0.308 e. The smallest absolute Gasteiger partial charge is 0.128 e. The van der Waals surface area contributed by atoms with E-state index in [1.807, 2.05) is 19.9 Å². The monoisotopic (exact) mass is 281 g/mol. The number of nitrogens with one attached hydrogen (secondary N) is 1. The molecule has 102 valence electrons. The highest BCUT2D eigenvalue weighted by Crippen LogP contribution is 2.29. The zero-order valence-corrected chi connectivity index (χ0v) is 12.0. The van der Waals surface area contributed by atoms with Crippen molar-refractivity contribution in [2.75, 3.05) is 7.05 Å². The molecule has 1 aromatic carbocycles. The molecule has 0 saturated heterocycles. The van der Waals surface area contributed by atoms with Gasteiger partial charge < -0.3 is 5.32 Å². The Kier molecular flexibility index (Phi) is 4.22. The predicted molar refractivity (Wildman–Crippen MR) is 75.0 cm³/mol. The van der Waals surface area contributed by atoms with Crippen molar-refractivity contribution in [1.82, 2.24) is 15.1 Å². The summed E-state index contributed by atoms with van der Waals surface area (Å²) in [6, 6.07) is 4.90. The summed E-state index contributed by atoms with van der Waals surface area (Å²) < 4.78 is 15.9. The molecule has 1 atom stereocenters. The number of aromatic nitrogens is 2. The molecule has 1 N–H and O–H groups in total. The van der Waals surface area contributed by atoms with Gasteiger partial charge in [-0.2, -0.15) is 5.10 Å². The van der Waals surface area contributed by atoms with Gasteiger partial charge in [0.1, 0.15) is 5.82 Å². The molecule has 0 fully saturated rings.